The summed E-state index contributed by atoms with van der Waals surface area (Å²) in [5.41, 5.74) is 2.97. The molecule has 1 aromatic heterocycles. The molecule has 6 heteroatoms. The summed E-state index contributed by atoms with van der Waals surface area (Å²) in [4.78, 5) is 1.38. The van der Waals surface area contributed by atoms with Gasteiger partial charge in [0.05, 0.1) is 0 Å². The second-order valence-electron chi connectivity index (χ2n) is 6.29. The highest BCUT2D eigenvalue weighted by Crippen LogP contribution is 2.33. The van der Waals surface area contributed by atoms with Crippen LogP contribution >= 0.6 is 0 Å². The maximum Gasteiger partial charge on any atom is 0.247 e. The molecule has 0 aliphatic carbocycles. The van der Waals surface area contributed by atoms with Gasteiger partial charge < -0.3 is 4.42 Å². The number of alkyl halides is 1. The number of hydrogen-bond donors (Lipinski definition) is 0. The van der Waals surface area contributed by atoms with Gasteiger partial charge in [-0.15, -0.1) is 10.2 Å². The molecule has 26 heavy (non-hydrogen) atoms. The van der Waals surface area contributed by atoms with Gasteiger partial charge in [0.25, 0.3) is 0 Å². The predicted molar refractivity (Wildman–Crippen MR) is 94.4 cm³/mol. The first-order chi connectivity index (χ1) is 12.8. The van der Waals surface area contributed by atoms with Crippen molar-refractivity contribution in [1.29, 1.82) is 5.26 Å². The summed E-state index contributed by atoms with van der Waals surface area (Å²) >= 11 is 0. The van der Waals surface area contributed by atoms with Gasteiger partial charge in [0, 0.05) is 12.1 Å². The van der Waals surface area contributed by atoms with Crippen LogP contribution in [0.25, 0.3) is 22.6 Å². The van der Waals surface area contributed by atoms with Crippen LogP contribution in [0, 0.1) is 11.5 Å². The Hall–Kier alpha value is -3.20. The lowest BCUT2D eigenvalue weighted by Crippen LogP contribution is -2.37. The average molecular weight is 348 g/mol. The lowest BCUT2D eigenvalue weighted by Gasteiger charge is -2.31. The molecule has 1 aliphatic heterocycles. The van der Waals surface area contributed by atoms with Gasteiger partial charge in [0.2, 0.25) is 11.8 Å². The maximum absolute atomic E-state index is 14.3. The second-order valence-corrected chi connectivity index (χ2v) is 6.29. The Morgan fingerprint density at radius 2 is 1.69 bits per heavy atom. The first kappa shape index (κ1) is 16.3. The number of likely N-dealkylation sites (tertiary alicyclic amines) is 1. The third-order valence-electron chi connectivity index (χ3n) is 4.62. The molecule has 2 atom stereocenters. The molecule has 0 radical (unpaired) electrons. The molecule has 0 bridgehead atoms. The molecule has 2 aromatic carbocycles. The van der Waals surface area contributed by atoms with E-state index in [2.05, 4.69) is 10.2 Å². The molecule has 2 heterocycles. The molecule has 0 amide bonds. The van der Waals surface area contributed by atoms with Crippen LogP contribution in [0.3, 0.4) is 0 Å². The third kappa shape index (κ3) is 3.04. The Kier molecular flexibility index (Phi) is 4.36. The fourth-order valence-electron chi connectivity index (χ4n) is 3.26. The van der Waals surface area contributed by atoms with Crippen molar-refractivity contribution in [2.75, 3.05) is 6.54 Å². The van der Waals surface area contributed by atoms with Gasteiger partial charge in [-0.3, -0.25) is 4.90 Å². The van der Waals surface area contributed by atoms with E-state index >= 15 is 0 Å². The van der Waals surface area contributed by atoms with Gasteiger partial charge in [-0.25, -0.2) is 4.39 Å². The first-order valence-corrected chi connectivity index (χ1v) is 8.56. The molecule has 4 rings (SSSR count). The smallest absolute Gasteiger partial charge is 0.247 e. The molecule has 1 saturated heterocycles. The van der Waals surface area contributed by atoms with Crippen molar-refractivity contribution in [3.8, 4) is 28.8 Å². The number of halogens is 1. The maximum atomic E-state index is 14.3. The minimum Gasteiger partial charge on any atom is -0.418 e. The highest BCUT2D eigenvalue weighted by Gasteiger charge is 2.36. The summed E-state index contributed by atoms with van der Waals surface area (Å²) in [7, 11) is 0. The van der Waals surface area contributed by atoms with Crippen LogP contribution in [0.5, 0.6) is 0 Å². The number of nitriles is 1. The van der Waals surface area contributed by atoms with E-state index in [0.717, 1.165) is 16.7 Å². The van der Waals surface area contributed by atoms with Crippen molar-refractivity contribution < 1.29 is 8.81 Å². The minimum absolute atomic E-state index is 0.154. The zero-order chi connectivity index (χ0) is 17.9. The molecule has 130 valence electrons. The SMILES string of the molecule is N#CN1CCCC(F)C1c1nnc(-c2ccc(-c3ccccc3)cc2)o1. The number of nitrogens with zero attached hydrogens (tertiary/aromatic N) is 4. The fourth-order valence-corrected chi connectivity index (χ4v) is 3.26. The van der Waals surface area contributed by atoms with E-state index in [1.165, 1.54) is 4.90 Å². The van der Waals surface area contributed by atoms with Crippen molar-refractivity contribution in [3.05, 3.63) is 60.5 Å². The lowest BCUT2D eigenvalue weighted by atomic mass is 10.0. The zero-order valence-electron chi connectivity index (χ0n) is 14.0. The lowest BCUT2D eigenvalue weighted by molar-refractivity contribution is 0.0906. The second kappa shape index (κ2) is 6.96. The topological polar surface area (TPSA) is 66.0 Å². The largest absolute Gasteiger partial charge is 0.418 e. The van der Waals surface area contributed by atoms with Crippen LogP contribution in [-0.4, -0.2) is 27.8 Å². The number of hydrogen-bond acceptors (Lipinski definition) is 5. The third-order valence-corrected chi connectivity index (χ3v) is 4.62. The van der Waals surface area contributed by atoms with Gasteiger partial charge in [-0.05, 0) is 36.1 Å². The molecule has 5 nitrogen and oxygen atoms in total. The molecular weight excluding hydrogens is 331 g/mol. The molecular formula is C20H17FN4O. The summed E-state index contributed by atoms with van der Waals surface area (Å²) in [5, 5.41) is 17.3. The molecule has 1 fully saturated rings. The molecule has 0 spiro atoms. The van der Waals surface area contributed by atoms with Gasteiger partial charge in [-0.2, -0.15) is 5.26 Å². The minimum atomic E-state index is -1.18. The van der Waals surface area contributed by atoms with E-state index in [1.54, 1.807) is 0 Å². The monoisotopic (exact) mass is 348 g/mol. The van der Waals surface area contributed by atoms with Crippen molar-refractivity contribution in [3.63, 3.8) is 0 Å². The van der Waals surface area contributed by atoms with Crippen LogP contribution in [-0.2, 0) is 0 Å². The predicted octanol–water partition coefficient (Wildman–Crippen LogP) is 4.36. The summed E-state index contributed by atoms with van der Waals surface area (Å²) < 4.78 is 20.0. The Balaban J connectivity index is 1.59. The van der Waals surface area contributed by atoms with E-state index in [9.17, 15) is 9.65 Å². The van der Waals surface area contributed by atoms with E-state index in [4.69, 9.17) is 4.42 Å². The van der Waals surface area contributed by atoms with Crippen molar-refractivity contribution in [2.24, 2.45) is 0 Å². The van der Waals surface area contributed by atoms with Gasteiger partial charge in [0.1, 0.15) is 12.2 Å². The summed E-state index contributed by atoms with van der Waals surface area (Å²) in [6.07, 6.45) is 1.88. The van der Waals surface area contributed by atoms with Crippen LogP contribution in [0.4, 0.5) is 4.39 Å². The van der Waals surface area contributed by atoms with Gasteiger partial charge >= 0.3 is 0 Å². The first-order valence-electron chi connectivity index (χ1n) is 8.56. The molecule has 0 saturated carbocycles. The van der Waals surface area contributed by atoms with Crippen LogP contribution in [0.2, 0.25) is 0 Å². The van der Waals surface area contributed by atoms with Crippen molar-refractivity contribution in [1.82, 2.24) is 15.1 Å². The Morgan fingerprint density at radius 3 is 2.42 bits per heavy atom. The highest BCUT2D eigenvalue weighted by molar-refractivity contribution is 5.67. The van der Waals surface area contributed by atoms with Crippen LogP contribution in [0.1, 0.15) is 24.8 Å². The molecule has 0 N–H and O–H groups in total. The number of piperidine rings is 1. The highest BCUT2D eigenvalue weighted by atomic mass is 19.1. The molecule has 1 aliphatic rings. The Bertz CT molecular complexity index is 917. The summed E-state index contributed by atoms with van der Waals surface area (Å²) in [6.45, 7) is 0.505. The zero-order valence-corrected chi connectivity index (χ0v) is 14.0. The van der Waals surface area contributed by atoms with E-state index in [1.807, 2.05) is 60.8 Å². The van der Waals surface area contributed by atoms with E-state index < -0.39 is 12.2 Å². The van der Waals surface area contributed by atoms with Crippen LogP contribution in [0.15, 0.2) is 59.0 Å². The van der Waals surface area contributed by atoms with Gasteiger partial charge in [0.15, 0.2) is 6.19 Å². The van der Waals surface area contributed by atoms with Gasteiger partial charge in [-0.1, -0.05) is 42.5 Å². The number of aromatic nitrogens is 2. The van der Waals surface area contributed by atoms with Crippen molar-refractivity contribution >= 4 is 0 Å². The standard InChI is InChI=1S/C20H17FN4O/c21-17-7-4-12-25(13-22)18(17)20-24-23-19(26-20)16-10-8-15(9-11-16)14-5-2-1-3-6-14/h1-3,5-6,8-11,17-18H,4,7,12H2. The normalized spacial score (nSPS) is 19.9. The molecule has 3 aromatic rings. The van der Waals surface area contributed by atoms with E-state index in [0.29, 0.717) is 25.3 Å². The van der Waals surface area contributed by atoms with E-state index in [-0.39, 0.29) is 5.89 Å². The summed E-state index contributed by atoms with van der Waals surface area (Å²) in [6, 6.07) is 17.0. The quantitative estimate of drug-likeness (QED) is 0.658. The van der Waals surface area contributed by atoms with Crippen molar-refractivity contribution in [2.45, 2.75) is 25.1 Å². The average Bonchev–Trinajstić information content (AvgIpc) is 3.18. The molecule has 2 unspecified atom stereocenters. The number of rotatable bonds is 3. The van der Waals surface area contributed by atoms with Crippen LogP contribution < -0.4 is 0 Å². The fraction of sp³-hybridized carbons (Fsp3) is 0.250. The summed E-state index contributed by atoms with van der Waals surface area (Å²) in [5.74, 6) is 0.483. The Labute approximate surface area is 150 Å². The number of benzene rings is 2. The Morgan fingerprint density at radius 1 is 1.00 bits per heavy atom.